The van der Waals surface area contributed by atoms with E-state index in [0.29, 0.717) is 0 Å². The molecule has 0 aliphatic heterocycles. The Balaban J connectivity index is 4.37. The average Bonchev–Trinajstić information content (AvgIpc) is 1.83. The maximum absolute atomic E-state index is 6.69. The van der Waals surface area contributed by atoms with Gasteiger partial charge in [0.15, 0.2) is 0 Å². The zero-order valence-electron chi connectivity index (χ0n) is 5.10. The van der Waals surface area contributed by atoms with Crippen LogP contribution < -0.4 is 4.67 Å². The van der Waals surface area contributed by atoms with Crippen molar-refractivity contribution in [2.75, 3.05) is 0 Å². The minimum Gasteiger partial charge on any atom is -0.308 e. The molecule has 0 saturated heterocycles. The van der Waals surface area contributed by atoms with Crippen LogP contribution in [0.1, 0.15) is 13.8 Å². The van der Waals surface area contributed by atoms with Gasteiger partial charge in [-0.25, -0.2) is 0 Å². The van der Waals surface area contributed by atoms with E-state index in [0.717, 1.165) is 5.57 Å². The quantitative estimate of drug-likeness (QED) is 0.374. The van der Waals surface area contributed by atoms with E-state index in [1.54, 1.807) is 13.1 Å². The van der Waals surface area contributed by atoms with E-state index in [1.807, 2.05) is 6.92 Å². The van der Waals surface area contributed by atoms with Crippen LogP contribution in [0.4, 0.5) is 0 Å². The lowest BCUT2D eigenvalue weighted by atomic mass is 10.4. The van der Waals surface area contributed by atoms with Crippen LogP contribution in [0.5, 0.6) is 0 Å². The molecule has 0 bridgehead atoms. The largest absolute Gasteiger partial charge is 0.315 e. The van der Waals surface area contributed by atoms with Crippen molar-refractivity contribution in [3.8, 4) is 0 Å². The van der Waals surface area contributed by atoms with Gasteiger partial charge in [-0.15, -0.1) is 0 Å². The molecule has 0 unspecified atom stereocenters. The molecule has 0 aromatic heterocycles. The number of nitrogens with one attached hydrogen (secondary N) is 1. The Morgan fingerprint density at radius 1 is 1.75 bits per heavy atom. The SMILES string of the molecule is CC=[N+]=C=C(C)C=N. The summed E-state index contributed by atoms with van der Waals surface area (Å²) >= 11 is 0. The summed E-state index contributed by atoms with van der Waals surface area (Å²) in [5, 5.41) is 6.69. The first kappa shape index (κ1) is 6.90. The van der Waals surface area contributed by atoms with Crippen molar-refractivity contribution in [1.29, 1.82) is 5.41 Å². The number of rotatable bonds is 1. The van der Waals surface area contributed by atoms with Gasteiger partial charge in [0.1, 0.15) is 0 Å². The van der Waals surface area contributed by atoms with Gasteiger partial charge in [0.2, 0.25) is 0 Å². The Labute approximate surface area is 48.8 Å². The van der Waals surface area contributed by atoms with Crippen LogP contribution in [0.25, 0.3) is 0 Å². The first-order valence-corrected chi connectivity index (χ1v) is 2.39. The van der Waals surface area contributed by atoms with Crippen molar-refractivity contribution in [3.63, 3.8) is 0 Å². The summed E-state index contributed by atoms with van der Waals surface area (Å²) in [6.45, 7) is 3.59. The van der Waals surface area contributed by atoms with E-state index in [1.165, 1.54) is 6.21 Å². The predicted molar refractivity (Wildman–Crippen MR) is 36.8 cm³/mol. The third-order valence-corrected chi connectivity index (χ3v) is 0.587. The van der Waals surface area contributed by atoms with Crippen LogP contribution in [0, 0.1) is 5.41 Å². The Bertz CT molecular complexity index is 167. The van der Waals surface area contributed by atoms with E-state index >= 15 is 0 Å². The van der Waals surface area contributed by atoms with Gasteiger partial charge in [-0.2, -0.15) is 0 Å². The molecule has 0 aliphatic carbocycles. The Hall–Kier alpha value is -1.10. The maximum Gasteiger partial charge on any atom is 0.315 e. The first-order valence-electron chi connectivity index (χ1n) is 2.39. The molecular formula is C6H9N2+. The monoisotopic (exact) mass is 109 g/mol. The Morgan fingerprint density at radius 2 is 2.38 bits per heavy atom. The van der Waals surface area contributed by atoms with Crippen molar-refractivity contribution in [1.82, 2.24) is 4.67 Å². The number of nitrogens with zero attached hydrogens (tertiary/aromatic N) is 1. The Kier molecular flexibility index (Phi) is 3.51. The van der Waals surface area contributed by atoms with Crippen molar-refractivity contribution < 1.29 is 0 Å². The zero-order chi connectivity index (χ0) is 6.41. The molecule has 2 nitrogen and oxygen atoms in total. The lowest BCUT2D eigenvalue weighted by Crippen LogP contribution is -1.77. The maximum atomic E-state index is 6.69. The molecule has 0 atom stereocenters. The molecule has 0 saturated carbocycles. The molecular weight excluding hydrogens is 100 g/mol. The summed E-state index contributed by atoms with van der Waals surface area (Å²) in [6, 6.07) is 0. The van der Waals surface area contributed by atoms with Gasteiger partial charge in [0, 0.05) is 13.1 Å². The average molecular weight is 109 g/mol. The highest BCUT2D eigenvalue weighted by atomic mass is 14.5. The molecule has 0 aromatic rings. The highest BCUT2D eigenvalue weighted by Gasteiger charge is 1.78. The van der Waals surface area contributed by atoms with E-state index in [9.17, 15) is 0 Å². The molecule has 0 amide bonds. The second-order valence-corrected chi connectivity index (χ2v) is 1.33. The Morgan fingerprint density at radius 3 is 2.75 bits per heavy atom. The van der Waals surface area contributed by atoms with Crippen LogP contribution in [-0.2, 0) is 0 Å². The summed E-state index contributed by atoms with van der Waals surface area (Å²) in [5.41, 5.74) is 0.739. The third-order valence-electron chi connectivity index (χ3n) is 0.587. The van der Waals surface area contributed by atoms with Gasteiger partial charge >= 0.3 is 5.87 Å². The minimum atomic E-state index is 0.739. The highest BCUT2D eigenvalue weighted by Crippen LogP contribution is 1.70. The van der Waals surface area contributed by atoms with Gasteiger partial charge in [-0.3, -0.25) is 0 Å². The second-order valence-electron chi connectivity index (χ2n) is 1.33. The number of allylic oxidation sites excluding steroid dienone is 1. The smallest absolute Gasteiger partial charge is 0.308 e. The molecule has 0 aliphatic rings. The summed E-state index contributed by atoms with van der Waals surface area (Å²) in [7, 11) is 0. The van der Waals surface area contributed by atoms with E-state index in [2.05, 4.69) is 10.5 Å². The first-order chi connectivity index (χ1) is 3.81. The third kappa shape index (κ3) is 3.10. The van der Waals surface area contributed by atoms with E-state index < -0.39 is 0 Å². The summed E-state index contributed by atoms with van der Waals surface area (Å²) in [5.74, 6) is 2.62. The fourth-order valence-electron chi connectivity index (χ4n) is 0.199. The van der Waals surface area contributed by atoms with Crippen molar-refractivity contribution >= 4 is 18.3 Å². The van der Waals surface area contributed by atoms with Crippen molar-refractivity contribution in [2.24, 2.45) is 0 Å². The minimum absolute atomic E-state index is 0.739. The number of hydrogen-bond acceptors (Lipinski definition) is 1. The fraction of sp³-hybridized carbons (Fsp3) is 0.333. The zero-order valence-corrected chi connectivity index (χ0v) is 5.10. The molecule has 0 aromatic carbocycles. The summed E-state index contributed by atoms with van der Waals surface area (Å²) < 4.78 is 3.68. The normalized spacial score (nSPS) is 6.25. The van der Waals surface area contributed by atoms with E-state index in [4.69, 9.17) is 5.41 Å². The molecule has 0 heterocycles. The standard InChI is InChI=1S/C6H9N2/c1-3-8-5-6(2)4-7/h3-4,7H,1-2H3/q+1. The summed E-state index contributed by atoms with van der Waals surface area (Å²) in [6.07, 6.45) is 2.85. The van der Waals surface area contributed by atoms with Crippen LogP contribution in [0.2, 0.25) is 0 Å². The molecule has 0 spiro atoms. The molecule has 8 heavy (non-hydrogen) atoms. The van der Waals surface area contributed by atoms with Gasteiger partial charge in [0.25, 0.3) is 6.21 Å². The predicted octanol–water partition coefficient (Wildman–Crippen LogP) is 0.410. The van der Waals surface area contributed by atoms with Crippen molar-refractivity contribution in [3.05, 3.63) is 5.57 Å². The van der Waals surface area contributed by atoms with E-state index in [-0.39, 0.29) is 0 Å². The summed E-state index contributed by atoms with van der Waals surface area (Å²) in [4.78, 5) is 0. The molecule has 0 fully saturated rings. The topological polar surface area (TPSA) is 38.0 Å². The van der Waals surface area contributed by atoms with Gasteiger partial charge in [-0.05, 0) is 11.6 Å². The van der Waals surface area contributed by atoms with Crippen molar-refractivity contribution in [2.45, 2.75) is 13.8 Å². The molecule has 1 N–H and O–H groups in total. The number of hydrogen-bond donors (Lipinski definition) is 1. The second kappa shape index (κ2) is 4.07. The van der Waals surface area contributed by atoms with Gasteiger partial charge in [0.05, 0.1) is 5.57 Å². The fourth-order valence-corrected chi connectivity index (χ4v) is 0.199. The van der Waals surface area contributed by atoms with Gasteiger partial charge in [-0.1, -0.05) is 0 Å². The molecule has 2 heteroatoms. The van der Waals surface area contributed by atoms with Crippen LogP contribution in [-0.4, -0.2) is 18.3 Å². The molecule has 42 valence electrons. The van der Waals surface area contributed by atoms with Crippen LogP contribution >= 0.6 is 0 Å². The molecule has 0 radical (unpaired) electrons. The van der Waals surface area contributed by atoms with Crippen LogP contribution in [0.15, 0.2) is 5.57 Å². The lowest BCUT2D eigenvalue weighted by molar-refractivity contribution is 1.52. The van der Waals surface area contributed by atoms with Gasteiger partial charge < -0.3 is 5.41 Å². The highest BCUT2D eigenvalue weighted by molar-refractivity contribution is 5.88. The lowest BCUT2D eigenvalue weighted by Gasteiger charge is -1.63. The molecule has 0 rings (SSSR count). The van der Waals surface area contributed by atoms with Crippen LogP contribution in [0.3, 0.4) is 0 Å².